The molecule has 2 unspecified atom stereocenters. The molecule has 1 rings (SSSR count). The molecule has 0 aromatic rings. The van der Waals surface area contributed by atoms with Crippen LogP contribution in [-0.2, 0) is 37.4 Å². The van der Waals surface area contributed by atoms with Crippen LogP contribution in [0.3, 0.4) is 0 Å². The van der Waals surface area contributed by atoms with Crippen LogP contribution < -0.4 is 0 Å². The van der Waals surface area contributed by atoms with E-state index in [1.807, 2.05) is 12.2 Å². The highest BCUT2D eigenvalue weighted by molar-refractivity contribution is 7.47. The molecule has 0 spiro atoms. The van der Waals surface area contributed by atoms with Crippen LogP contribution in [0.2, 0.25) is 0 Å². The fourth-order valence-electron chi connectivity index (χ4n) is 6.23. The fraction of sp³-hybridized carbons (Fsp3) is 0.667. The quantitative estimate of drug-likeness (QED) is 0.0150. The Bertz CT molecular complexity index is 1440. The number of hydrogen-bond donors (Lipinski definition) is 6. The van der Waals surface area contributed by atoms with E-state index in [1.54, 1.807) is 12.2 Å². The highest BCUT2D eigenvalue weighted by Crippen LogP contribution is 2.43. The molecule has 1 saturated heterocycles. The molecule has 6 N–H and O–H groups in total. The Morgan fingerprint density at radius 1 is 0.730 bits per heavy atom. The van der Waals surface area contributed by atoms with E-state index in [0.29, 0.717) is 32.1 Å². The van der Waals surface area contributed by atoms with Crippen molar-refractivity contribution in [3.05, 3.63) is 85.1 Å². The lowest BCUT2D eigenvalue weighted by Gasteiger charge is -2.36. The molecule has 15 heteroatoms. The van der Waals surface area contributed by atoms with Crippen molar-refractivity contribution in [2.75, 3.05) is 26.4 Å². The summed E-state index contributed by atoms with van der Waals surface area (Å²) in [5, 5.41) is 49.4. The summed E-state index contributed by atoms with van der Waals surface area (Å²) >= 11 is 0. The third-order valence-corrected chi connectivity index (χ3v) is 10.8. The summed E-state index contributed by atoms with van der Waals surface area (Å²) in [6.07, 6.45) is 35.9. The summed E-state index contributed by atoms with van der Waals surface area (Å²) in [6, 6.07) is 0. The van der Waals surface area contributed by atoms with Crippen molar-refractivity contribution >= 4 is 19.8 Å². The van der Waals surface area contributed by atoms with Crippen LogP contribution >= 0.6 is 7.82 Å². The Balaban J connectivity index is 2.51. The first-order valence-corrected chi connectivity index (χ1v) is 24.4. The zero-order valence-electron chi connectivity index (χ0n) is 37.8. The van der Waals surface area contributed by atoms with Gasteiger partial charge in [-0.1, -0.05) is 125 Å². The number of aliphatic hydroxyl groups excluding tert-OH is 5. The standard InChI is InChI=1S/C48H79O14P/c1-3-5-7-8-9-10-11-12-13-14-15-16-17-18-19-20-21-22-28-32-47(54)61-42(39-60-63(56,57)59-37-41(51)36-49)38-58-46(53)31-27-24-23-26-30-43-44(52)35-48(55)62-45(43)34-33-40(50)29-25-6-4-2/h5,7,9-10,12-13,15-16,18-19,23,26,33-34,40-45,48-52,55H,3-4,6,8,11,14,17,20-22,24-25,27-32,35-39H2,1-2H3,(H,56,57)/b7-5-,10-9-,13-12-,16-15-,19-18-,26-23-,34-33+/t40-,41-,42+,43-,44-,45+,48?/m0/s1. The molecule has 0 radical (unpaired) electrons. The molecule has 360 valence electrons. The van der Waals surface area contributed by atoms with Gasteiger partial charge >= 0.3 is 19.8 Å². The van der Waals surface area contributed by atoms with E-state index in [2.05, 4.69) is 79.1 Å². The van der Waals surface area contributed by atoms with Gasteiger partial charge in [0.05, 0.1) is 38.1 Å². The maximum Gasteiger partial charge on any atom is 0.472 e. The van der Waals surface area contributed by atoms with Crippen molar-refractivity contribution in [3.8, 4) is 0 Å². The Labute approximate surface area is 376 Å². The predicted molar refractivity (Wildman–Crippen MR) is 245 cm³/mol. The van der Waals surface area contributed by atoms with Crippen LogP contribution in [0.5, 0.6) is 0 Å². The summed E-state index contributed by atoms with van der Waals surface area (Å²) in [7, 11) is -4.70. The van der Waals surface area contributed by atoms with Gasteiger partial charge in [-0.3, -0.25) is 18.6 Å². The SMILES string of the molecule is CC/C=C\C/C=C\C/C=C\C/C=C\C/C=C\CCCCCC(=O)O[C@H](COC(=O)CCC/C=C\C[C@H]1[C@@H](O)CC(O)O[C@@H]1/C=C/[C@@H](O)CCCCC)COP(=O)(O)OC[C@@H](O)CO. The fourth-order valence-corrected chi connectivity index (χ4v) is 7.02. The number of rotatable bonds is 37. The Kier molecular flexibility index (Phi) is 35.2. The molecule has 0 saturated carbocycles. The minimum atomic E-state index is -4.70. The van der Waals surface area contributed by atoms with Gasteiger partial charge in [0, 0.05) is 25.2 Å². The lowest BCUT2D eigenvalue weighted by atomic mass is 9.87. The first kappa shape index (κ1) is 58.0. The first-order valence-electron chi connectivity index (χ1n) is 22.9. The van der Waals surface area contributed by atoms with Crippen molar-refractivity contribution in [2.45, 2.75) is 173 Å². The van der Waals surface area contributed by atoms with E-state index in [-0.39, 0.29) is 25.2 Å². The van der Waals surface area contributed by atoms with E-state index >= 15 is 0 Å². The highest BCUT2D eigenvalue weighted by atomic mass is 31.2. The number of carbonyl (C=O) groups is 2. The molecule has 0 bridgehead atoms. The Hall–Kier alpha value is -3.01. The Morgan fingerprint density at radius 2 is 1.33 bits per heavy atom. The van der Waals surface area contributed by atoms with Crippen LogP contribution in [0, 0.1) is 5.92 Å². The maximum absolute atomic E-state index is 12.7. The molecule has 0 amide bonds. The van der Waals surface area contributed by atoms with Gasteiger partial charge in [-0.05, 0) is 77.0 Å². The largest absolute Gasteiger partial charge is 0.472 e. The predicted octanol–water partition coefficient (Wildman–Crippen LogP) is 8.33. The van der Waals surface area contributed by atoms with Gasteiger partial charge in [0.15, 0.2) is 12.4 Å². The summed E-state index contributed by atoms with van der Waals surface area (Å²) in [4.78, 5) is 35.3. The summed E-state index contributed by atoms with van der Waals surface area (Å²) in [5.74, 6) is -1.50. The van der Waals surface area contributed by atoms with Crippen LogP contribution in [0.1, 0.15) is 136 Å². The third-order valence-electron chi connectivity index (χ3n) is 9.83. The smallest absolute Gasteiger partial charge is 0.462 e. The molecule has 1 heterocycles. The third kappa shape index (κ3) is 33.2. The summed E-state index contributed by atoms with van der Waals surface area (Å²) in [5.41, 5.74) is 0. The average molecular weight is 911 g/mol. The molecule has 0 aliphatic carbocycles. The second kappa shape index (κ2) is 38.3. The molecule has 0 aromatic heterocycles. The second-order valence-corrected chi connectivity index (χ2v) is 17.0. The number of aliphatic hydroxyl groups is 5. The zero-order chi connectivity index (χ0) is 46.4. The van der Waals surface area contributed by atoms with Crippen LogP contribution in [0.25, 0.3) is 0 Å². The van der Waals surface area contributed by atoms with E-state index in [0.717, 1.165) is 70.6 Å². The number of ether oxygens (including phenoxy) is 3. The van der Waals surface area contributed by atoms with Gasteiger partial charge < -0.3 is 44.6 Å². The molecular formula is C48H79O14P. The maximum atomic E-state index is 12.7. The minimum absolute atomic E-state index is 0.0348. The summed E-state index contributed by atoms with van der Waals surface area (Å²) in [6.45, 7) is 1.79. The number of allylic oxidation sites excluding steroid dienone is 12. The van der Waals surface area contributed by atoms with Crippen LogP contribution in [0.15, 0.2) is 85.1 Å². The topological polar surface area (TPSA) is 219 Å². The van der Waals surface area contributed by atoms with Crippen molar-refractivity contribution < 1.29 is 67.8 Å². The van der Waals surface area contributed by atoms with Gasteiger partial charge in [-0.15, -0.1) is 0 Å². The van der Waals surface area contributed by atoms with Gasteiger partial charge in [-0.25, -0.2) is 4.57 Å². The number of phosphoric ester groups is 1. The lowest BCUT2D eigenvalue weighted by Crippen LogP contribution is -2.43. The monoisotopic (exact) mass is 911 g/mol. The van der Waals surface area contributed by atoms with E-state index < -0.39 is 83.0 Å². The molecular weight excluding hydrogens is 831 g/mol. The first-order chi connectivity index (χ1) is 30.4. The van der Waals surface area contributed by atoms with Gasteiger partial charge in [0.2, 0.25) is 0 Å². The normalized spacial score (nSPS) is 21.1. The molecule has 63 heavy (non-hydrogen) atoms. The lowest BCUT2D eigenvalue weighted by molar-refractivity contribution is -0.199. The molecule has 14 nitrogen and oxygen atoms in total. The number of phosphoric acid groups is 1. The highest BCUT2D eigenvalue weighted by Gasteiger charge is 2.35. The van der Waals surface area contributed by atoms with E-state index in [4.69, 9.17) is 23.8 Å². The van der Waals surface area contributed by atoms with Gasteiger partial charge in [-0.2, -0.15) is 0 Å². The summed E-state index contributed by atoms with van der Waals surface area (Å²) < 4.78 is 38.4. The molecule has 1 fully saturated rings. The number of esters is 2. The van der Waals surface area contributed by atoms with Crippen molar-refractivity contribution in [1.29, 1.82) is 0 Å². The molecule has 0 aromatic carbocycles. The van der Waals surface area contributed by atoms with Gasteiger partial charge in [0.25, 0.3) is 0 Å². The van der Waals surface area contributed by atoms with E-state index in [9.17, 15) is 39.5 Å². The van der Waals surface area contributed by atoms with Gasteiger partial charge in [0.1, 0.15) is 12.7 Å². The molecule has 1 aliphatic heterocycles. The number of carbonyl (C=O) groups excluding carboxylic acids is 2. The van der Waals surface area contributed by atoms with Crippen molar-refractivity contribution in [2.24, 2.45) is 5.92 Å². The number of unbranched alkanes of at least 4 members (excludes halogenated alkanes) is 6. The van der Waals surface area contributed by atoms with E-state index in [1.165, 1.54) is 0 Å². The molecule has 8 atom stereocenters. The Morgan fingerprint density at radius 3 is 1.98 bits per heavy atom. The molecule has 1 aliphatic rings. The van der Waals surface area contributed by atoms with Crippen molar-refractivity contribution in [1.82, 2.24) is 0 Å². The zero-order valence-corrected chi connectivity index (χ0v) is 38.7. The number of hydrogen-bond acceptors (Lipinski definition) is 13. The average Bonchev–Trinajstić information content (AvgIpc) is 3.25. The van der Waals surface area contributed by atoms with Crippen LogP contribution in [-0.4, -0.2) is 106 Å². The van der Waals surface area contributed by atoms with Crippen molar-refractivity contribution in [3.63, 3.8) is 0 Å². The second-order valence-electron chi connectivity index (χ2n) is 15.6. The minimum Gasteiger partial charge on any atom is -0.462 e. The van der Waals surface area contributed by atoms with Crippen LogP contribution in [0.4, 0.5) is 0 Å².